The molecule has 4 nitrogen and oxygen atoms in total. The lowest BCUT2D eigenvalue weighted by molar-refractivity contribution is 0.0927. The van der Waals surface area contributed by atoms with Crippen LogP contribution in [0.1, 0.15) is 82.6 Å². The van der Waals surface area contributed by atoms with Crippen molar-refractivity contribution in [1.82, 2.24) is 9.88 Å². The Labute approximate surface area is 223 Å². The fourth-order valence-electron chi connectivity index (χ4n) is 6.09. The number of rotatable bonds is 6. The summed E-state index contributed by atoms with van der Waals surface area (Å²) in [5.74, 6) is 0.0849. The molecular formula is C32H35N3OS. The monoisotopic (exact) mass is 509 g/mol. The summed E-state index contributed by atoms with van der Waals surface area (Å²) < 4.78 is 2.38. The Hall–Kier alpha value is -3.18. The van der Waals surface area contributed by atoms with E-state index in [1.165, 1.54) is 58.3 Å². The summed E-state index contributed by atoms with van der Waals surface area (Å²) in [7, 11) is 0. The minimum Gasteiger partial charge on any atom is -0.349 e. The number of aliphatic imine (C=N–C) groups is 1. The number of benzene rings is 2. The molecule has 6 rings (SSSR count). The van der Waals surface area contributed by atoms with Crippen LogP contribution >= 0.6 is 11.3 Å². The van der Waals surface area contributed by atoms with E-state index in [-0.39, 0.29) is 5.91 Å². The molecule has 2 heterocycles. The molecule has 1 N–H and O–H groups in total. The number of fused-ring (bicyclic) bond motifs is 2. The predicted molar refractivity (Wildman–Crippen MR) is 155 cm³/mol. The zero-order chi connectivity index (χ0) is 25.2. The number of para-hydroxylation sites is 1. The number of thiophene rings is 1. The third-order valence-corrected chi connectivity index (χ3v) is 9.29. The molecule has 37 heavy (non-hydrogen) atoms. The number of amides is 1. The largest absolute Gasteiger partial charge is 0.349 e. The van der Waals surface area contributed by atoms with Crippen LogP contribution in [0.5, 0.6) is 0 Å². The third-order valence-electron chi connectivity index (χ3n) is 8.09. The number of hydrogen-bond donors (Lipinski definition) is 1. The maximum Gasteiger partial charge on any atom is 0.254 e. The van der Waals surface area contributed by atoms with Crippen molar-refractivity contribution in [3.63, 3.8) is 0 Å². The molecule has 0 aliphatic heterocycles. The molecule has 4 aromatic rings. The van der Waals surface area contributed by atoms with E-state index in [2.05, 4.69) is 71.4 Å². The average Bonchev–Trinajstić information content (AvgIpc) is 3.43. The van der Waals surface area contributed by atoms with Gasteiger partial charge in [-0.15, -0.1) is 11.3 Å². The normalized spacial score (nSPS) is 16.4. The van der Waals surface area contributed by atoms with Gasteiger partial charge in [-0.05, 0) is 62.6 Å². The molecular weight excluding hydrogens is 474 g/mol. The van der Waals surface area contributed by atoms with E-state index in [9.17, 15) is 4.79 Å². The van der Waals surface area contributed by atoms with E-state index in [4.69, 9.17) is 4.99 Å². The van der Waals surface area contributed by atoms with Gasteiger partial charge in [-0.2, -0.15) is 0 Å². The quantitative estimate of drug-likeness (QED) is 0.265. The number of aromatic nitrogens is 1. The van der Waals surface area contributed by atoms with Crippen molar-refractivity contribution in [2.75, 3.05) is 0 Å². The van der Waals surface area contributed by atoms with E-state index in [0.29, 0.717) is 6.04 Å². The lowest BCUT2D eigenvalue weighted by atomic mass is 9.93. The van der Waals surface area contributed by atoms with Crippen LogP contribution in [-0.2, 0) is 19.4 Å². The first-order valence-corrected chi connectivity index (χ1v) is 14.6. The van der Waals surface area contributed by atoms with Gasteiger partial charge >= 0.3 is 0 Å². The Bertz CT molecular complexity index is 1440. The molecule has 2 aliphatic rings. The Morgan fingerprint density at radius 1 is 1.00 bits per heavy atom. The van der Waals surface area contributed by atoms with E-state index >= 15 is 0 Å². The van der Waals surface area contributed by atoms with Crippen LogP contribution in [0.3, 0.4) is 0 Å². The standard InChI is InChI=1S/C32H35N3OS/c1-22-27(25-16-8-10-18-28(25)35(22)21-23-12-4-2-5-13-23)20-33-32-30(26-17-9-11-19-29(26)37-32)31(36)34-24-14-6-3-7-15-24/h2,4-5,8,10,12-13,16,18,20,24H,3,6-7,9,11,14-15,17,19,21H2,1H3,(H,34,36). The maximum absolute atomic E-state index is 13.6. The average molecular weight is 510 g/mol. The van der Waals surface area contributed by atoms with Gasteiger partial charge in [0.25, 0.3) is 5.91 Å². The smallest absolute Gasteiger partial charge is 0.254 e. The maximum atomic E-state index is 13.6. The zero-order valence-corrected chi connectivity index (χ0v) is 22.4. The van der Waals surface area contributed by atoms with Crippen molar-refractivity contribution in [2.45, 2.75) is 77.3 Å². The van der Waals surface area contributed by atoms with Crippen LogP contribution in [0.25, 0.3) is 10.9 Å². The number of hydrogen-bond acceptors (Lipinski definition) is 3. The highest BCUT2D eigenvalue weighted by molar-refractivity contribution is 7.16. The van der Waals surface area contributed by atoms with Gasteiger partial charge in [-0.3, -0.25) is 4.79 Å². The SMILES string of the molecule is Cc1c(C=Nc2sc3c(c2C(=O)NC2CCCCC2)CCCC3)c2ccccc2n1Cc1ccccc1. The summed E-state index contributed by atoms with van der Waals surface area (Å²) >= 11 is 1.73. The van der Waals surface area contributed by atoms with E-state index in [0.717, 1.165) is 54.8 Å². The molecule has 0 atom stereocenters. The molecule has 0 spiro atoms. The van der Waals surface area contributed by atoms with Crippen molar-refractivity contribution in [3.05, 3.63) is 87.4 Å². The fraction of sp³-hybridized carbons (Fsp3) is 0.375. The van der Waals surface area contributed by atoms with E-state index in [1.807, 2.05) is 6.21 Å². The summed E-state index contributed by atoms with van der Waals surface area (Å²) in [4.78, 5) is 20.0. The van der Waals surface area contributed by atoms with Gasteiger partial charge in [0.15, 0.2) is 0 Å². The van der Waals surface area contributed by atoms with Gasteiger partial charge in [0.2, 0.25) is 0 Å². The topological polar surface area (TPSA) is 46.4 Å². The first-order valence-electron chi connectivity index (χ1n) is 13.8. The summed E-state index contributed by atoms with van der Waals surface area (Å²) in [6, 6.07) is 19.5. The van der Waals surface area contributed by atoms with Crippen LogP contribution in [0.15, 0.2) is 59.6 Å². The molecule has 0 bridgehead atoms. The lowest BCUT2D eigenvalue weighted by Gasteiger charge is -2.23. The van der Waals surface area contributed by atoms with Crippen molar-refractivity contribution >= 4 is 39.4 Å². The first kappa shape index (κ1) is 24.2. The minimum atomic E-state index is 0.0849. The summed E-state index contributed by atoms with van der Waals surface area (Å²) in [5, 5.41) is 5.45. The van der Waals surface area contributed by atoms with Gasteiger partial charge < -0.3 is 9.88 Å². The lowest BCUT2D eigenvalue weighted by Crippen LogP contribution is -2.36. The number of nitrogens with one attached hydrogen (secondary N) is 1. The highest BCUT2D eigenvalue weighted by Gasteiger charge is 2.27. The Kier molecular flexibility index (Phi) is 6.97. The summed E-state index contributed by atoms with van der Waals surface area (Å²) in [6.45, 7) is 3.00. The molecule has 0 radical (unpaired) electrons. The third kappa shape index (κ3) is 4.89. The fourth-order valence-corrected chi connectivity index (χ4v) is 7.33. The van der Waals surface area contributed by atoms with Gasteiger partial charge in [0, 0.05) is 45.8 Å². The van der Waals surface area contributed by atoms with E-state index < -0.39 is 0 Å². The van der Waals surface area contributed by atoms with Crippen LogP contribution in [0, 0.1) is 6.92 Å². The molecule has 190 valence electrons. The van der Waals surface area contributed by atoms with Crippen molar-refractivity contribution in [2.24, 2.45) is 4.99 Å². The van der Waals surface area contributed by atoms with Crippen molar-refractivity contribution < 1.29 is 4.79 Å². The van der Waals surface area contributed by atoms with Gasteiger partial charge in [-0.1, -0.05) is 67.8 Å². The molecule has 2 aliphatic carbocycles. The molecule has 0 saturated heterocycles. The molecule has 2 aromatic carbocycles. The second-order valence-corrected chi connectivity index (χ2v) is 11.6. The number of aryl methyl sites for hydroxylation is 1. The van der Waals surface area contributed by atoms with Gasteiger partial charge in [0.05, 0.1) is 5.56 Å². The van der Waals surface area contributed by atoms with Crippen LogP contribution in [-0.4, -0.2) is 22.7 Å². The summed E-state index contributed by atoms with van der Waals surface area (Å²) in [5.41, 5.74) is 6.92. The highest BCUT2D eigenvalue weighted by Crippen LogP contribution is 2.40. The van der Waals surface area contributed by atoms with E-state index in [1.54, 1.807) is 11.3 Å². The highest BCUT2D eigenvalue weighted by atomic mass is 32.1. The van der Waals surface area contributed by atoms with Crippen molar-refractivity contribution in [1.29, 1.82) is 0 Å². The second kappa shape index (κ2) is 10.7. The van der Waals surface area contributed by atoms with Gasteiger partial charge in [-0.25, -0.2) is 4.99 Å². The molecule has 1 amide bonds. The van der Waals surface area contributed by atoms with Crippen LogP contribution < -0.4 is 5.32 Å². The Balaban J connectivity index is 1.37. The number of carbonyl (C=O) groups is 1. The van der Waals surface area contributed by atoms with Crippen LogP contribution in [0.4, 0.5) is 5.00 Å². The molecule has 0 unspecified atom stereocenters. The predicted octanol–water partition coefficient (Wildman–Crippen LogP) is 7.75. The number of nitrogens with zero attached hydrogens (tertiary/aromatic N) is 2. The Morgan fingerprint density at radius 3 is 2.59 bits per heavy atom. The number of carbonyl (C=O) groups excluding carboxylic acids is 1. The molecule has 2 aromatic heterocycles. The Morgan fingerprint density at radius 2 is 1.76 bits per heavy atom. The molecule has 1 saturated carbocycles. The minimum absolute atomic E-state index is 0.0849. The first-order chi connectivity index (χ1) is 18.2. The van der Waals surface area contributed by atoms with Crippen molar-refractivity contribution in [3.8, 4) is 0 Å². The molecule has 1 fully saturated rings. The zero-order valence-electron chi connectivity index (χ0n) is 21.6. The molecule has 5 heteroatoms. The second-order valence-electron chi connectivity index (χ2n) is 10.5. The summed E-state index contributed by atoms with van der Waals surface area (Å²) in [6.07, 6.45) is 12.3. The van der Waals surface area contributed by atoms with Gasteiger partial charge in [0.1, 0.15) is 5.00 Å². The van der Waals surface area contributed by atoms with Crippen LogP contribution in [0.2, 0.25) is 0 Å².